The van der Waals surface area contributed by atoms with Crippen molar-refractivity contribution in [3.8, 4) is 17.0 Å². The van der Waals surface area contributed by atoms with E-state index >= 15 is 0 Å². The number of H-pyrrole nitrogens is 1. The number of benzene rings is 1. The van der Waals surface area contributed by atoms with Crippen LogP contribution in [0.25, 0.3) is 11.3 Å². The lowest BCUT2D eigenvalue weighted by molar-refractivity contribution is 0.226. The fourth-order valence-corrected chi connectivity index (χ4v) is 4.96. The van der Waals surface area contributed by atoms with E-state index in [1.54, 1.807) is 7.11 Å². The van der Waals surface area contributed by atoms with Crippen LogP contribution in [-0.2, 0) is 0 Å². The van der Waals surface area contributed by atoms with E-state index in [2.05, 4.69) is 45.1 Å². The summed E-state index contributed by atoms with van der Waals surface area (Å²) in [7, 11) is 1.69. The molecule has 24 heavy (non-hydrogen) atoms. The average molecular weight is 343 g/mol. The molecular formula is C19H25N3OS. The van der Waals surface area contributed by atoms with E-state index in [1.807, 2.05) is 12.1 Å². The molecule has 0 saturated carbocycles. The molecule has 1 unspecified atom stereocenters. The third-order valence-electron chi connectivity index (χ3n) is 5.35. The number of rotatable bonds is 4. The highest BCUT2D eigenvalue weighted by Gasteiger charge is 2.30. The normalized spacial score (nSPS) is 22.8. The molecule has 5 heteroatoms. The Kier molecular flexibility index (Phi) is 4.81. The highest BCUT2D eigenvalue weighted by Crippen LogP contribution is 2.32. The lowest BCUT2D eigenvalue weighted by atomic mass is 10.0. The van der Waals surface area contributed by atoms with Gasteiger partial charge in [0.1, 0.15) is 5.75 Å². The van der Waals surface area contributed by atoms with Crippen LogP contribution in [0.5, 0.6) is 5.75 Å². The minimum atomic E-state index is 0.596. The van der Waals surface area contributed by atoms with Gasteiger partial charge in [-0.25, -0.2) is 0 Å². The van der Waals surface area contributed by atoms with E-state index in [0.29, 0.717) is 5.92 Å². The largest absolute Gasteiger partial charge is 0.497 e. The van der Waals surface area contributed by atoms with Gasteiger partial charge in [-0.3, -0.25) is 10.00 Å². The minimum Gasteiger partial charge on any atom is -0.497 e. The predicted octanol–water partition coefficient (Wildman–Crippen LogP) is 3.77. The molecule has 1 aromatic carbocycles. The third-order valence-corrected chi connectivity index (χ3v) is 6.40. The van der Waals surface area contributed by atoms with Crippen molar-refractivity contribution >= 4 is 11.8 Å². The quantitative estimate of drug-likeness (QED) is 0.917. The molecule has 2 aromatic rings. The van der Waals surface area contributed by atoms with Gasteiger partial charge >= 0.3 is 0 Å². The summed E-state index contributed by atoms with van der Waals surface area (Å²) in [5, 5.41) is 7.82. The molecule has 0 amide bonds. The summed E-state index contributed by atoms with van der Waals surface area (Å²) in [5.41, 5.74) is 3.45. The zero-order chi connectivity index (χ0) is 16.4. The van der Waals surface area contributed by atoms with Gasteiger partial charge in [-0.2, -0.15) is 16.9 Å². The van der Waals surface area contributed by atoms with E-state index in [0.717, 1.165) is 23.0 Å². The Morgan fingerprint density at radius 2 is 1.96 bits per heavy atom. The Morgan fingerprint density at radius 1 is 1.17 bits per heavy atom. The second-order valence-electron chi connectivity index (χ2n) is 6.76. The Balaban J connectivity index is 1.43. The molecule has 3 heterocycles. The lowest BCUT2D eigenvalue weighted by Crippen LogP contribution is -2.36. The topological polar surface area (TPSA) is 41.1 Å². The number of thioether (sulfide) groups is 1. The van der Waals surface area contributed by atoms with Crippen LogP contribution in [0, 0.1) is 0 Å². The molecule has 1 aromatic heterocycles. The zero-order valence-corrected chi connectivity index (χ0v) is 15.0. The first-order chi connectivity index (χ1) is 11.8. The number of nitrogens with one attached hydrogen (secondary N) is 1. The van der Waals surface area contributed by atoms with Crippen molar-refractivity contribution in [2.75, 3.05) is 31.7 Å². The molecule has 1 N–H and O–H groups in total. The molecule has 4 rings (SSSR count). The SMILES string of the molecule is COc1ccc(-c2cc(C3CCN(C4CCSCC4)C3)[nH]n2)cc1. The Morgan fingerprint density at radius 3 is 2.71 bits per heavy atom. The van der Waals surface area contributed by atoms with Gasteiger partial charge in [-0.1, -0.05) is 0 Å². The van der Waals surface area contributed by atoms with Crippen LogP contribution in [0.15, 0.2) is 30.3 Å². The van der Waals surface area contributed by atoms with Crippen molar-refractivity contribution in [2.45, 2.75) is 31.2 Å². The van der Waals surface area contributed by atoms with Crippen LogP contribution < -0.4 is 4.74 Å². The van der Waals surface area contributed by atoms with Crippen molar-refractivity contribution < 1.29 is 4.74 Å². The van der Waals surface area contributed by atoms with Gasteiger partial charge in [0.2, 0.25) is 0 Å². The highest BCUT2D eigenvalue weighted by atomic mass is 32.2. The summed E-state index contributed by atoms with van der Waals surface area (Å²) in [6, 6.07) is 11.1. The van der Waals surface area contributed by atoms with Crippen molar-refractivity contribution in [1.29, 1.82) is 0 Å². The van der Waals surface area contributed by atoms with Crippen molar-refractivity contribution in [1.82, 2.24) is 15.1 Å². The third kappa shape index (κ3) is 3.33. The molecule has 2 aliphatic rings. The molecule has 0 aliphatic carbocycles. The summed E-state index contributed by atoms with van der Waals surface area (Å²) in [5.74, 6) is 4.14. The second kappa shape index (κ2) is 7.19. The molecule has 2 aliphatic heterocycles. The Hall–Kier alpha value is -1.46. The number of ether oxygens (including phenoxy) is 1. The highest BCUT2D eigenvalue weighted by molar-refractivity contribution is 7.99. The van der Waals surface area contributed by atoms with E-state index in [1.165, 1.54) is 49.6 Å². The van der Waals surface area contributed by atoms with Crippen LogP contribution >= 0.6 is 11.8 Å². The van der Waals surface area contributed by atoms with Crippen molar-refractivity contribution in [2.24, 2.45) is 0 Å². The summed E-state index contributed by atoms with van der Waals surface area (Å²) < 4.78 is 5.23. The van der Waals surface area contributed by atoms with E-state index in [-0.39, 0.29) is 0 Å². The Bertz CT molecular complexity index is 664. The molecule has 2 saturated heterocycles. The molecule has 2 fully saturated rings. The fraction of sp³-hybridized carbons (Fsp3) is 0.526. The average Bonchev–Trinajstić information content (AvgIpc) is 3.32. The van der Waals surface area contributed by atoms with E-state index in [9.17, 15) is 0 Å². The number of aromatic amines is 1. The van der Waals surface area contributed by atoms with Crippen molar-refractivity contribution in [3.05, 3.63) is 36.0 Å². The van der Waals surface area contributed by atoms with Gasteiger partial charge in [0.05, 0.1) is 12.8 Å². The minimum absolute atomic E-state index is 0.596. The molecule has 0 spiro atoms. The second-order valence-corrected chi connectivity index (χ2v) is 7.99. The molecule has 4 nitrogen and oxygen atoms in total. The van der Waals surface area contributed by atoms with Gasteiger partial charge in [0, 0.05) is 29.8 Å². The first-order valence-electron chi connectivity index (χ1n) is 8.85. The van der Waals surface area contributed by atoms with Gasteiger partial charge in [0.15, 0.2) is 0 Å². The van der Waals surface area contributed by atoms with Crippen LogP contribution in [0.3, 0.4) is 0 Å². The maximum absolute atomic E-state index is 5.23. The van der Waals surface area contributed by atoms with Crippen LogP contribution in [0.4, 0.5) is 0 Å². The summed E-state index contributed by atoms with van der Waals surface area (Å²) in [4.78, 5) is 2.71. The lowest BCUT2D eigenvalue weighted by Gasteiger charge is -2.30. The number of nitrogens with zero attached hydrogens (tertiary/aromatic N) is 2. The fourth-order valence-electron chi connectivity index (χ4n) is 3.88. The monoisotopic (exact) mass is 343 g/mol. The maximum Gasteiger partial charge on any atom is 0.118 e. The van der Waals surface area contributed by atoms with Gasteiger partial charge in [-0.05, 0) is 67.6 Å². The van der Waals surface area contributed by atoms with Crippen molar-refractivity contribution in [3.63, 3.8) is 0 Å². The van der Waals surface area contributed by atoms with Crippen LogP contribution in [-0.4, -0.2) is 52.8 Å². The van der Waals surface area contributed by atoms with Crippen LogP contribution in [0.2, 0.25) is 0 Å². The van der Waals surface area contributed by atoms with Crippen LogP contribution in [0.1, 0.15) is 30.9 Å². The molecule has 1 atom stereocenters. The molecule has 0 bridgehead atoms. The number of aromatic nitrogens is 2. The van der Waals surface area contributed by atoms with Gasteiger partial charge in [0.25, 0.3) is 0 Å². The number of methoxy groups -OCH3 is 1. The predicted molar refractivity (Wildman–Crippen MR) is 99.9 cm³/mol. The molecule has 128 valence electrons. The van der Waals surface area contributed by atoms with Gasteiger partial charge in [-0.15, -0.1) is 0 Å². The number of likely N-dealkylation sites (tertiary alicyclic amines) is 1. The maximum atomic E-state index is 5.23. The number of hydrogen-bond donors (Lipinski definition) is 1. The standard InChI is InChI=1S/C19H25N3OS/c1-23-17-4-2-14(3-5-17)18-12-19(21-20-18)15-6-9-22(13-15)16-7-10-24-11-8-16/h2-5,12,15-16H,6-11,13H2,1H3,(H,20,21). The molecule has 0 radical (unpaired) electrons. The Labute approximate surface area is 148 Å². The summed E-state index contributed by atoms with van der Waals surface area (Å²) in [6.45, 7) is 2.41. The first-order valence-corrected chi connectivity index (χ1v) is 10.0. The number of hydrogen-bond acceptors (Lipinski definition) is 4. The van der Waals surface area contributed by atoms with E-state index in [4.69, 9.17) is 4.74 Å². The summed E-state index contributed by atoms with van der Waals surface area (Å²) in [6.07, 6.45) is 3.96. The smallest absolute Gasteiger partial charge is 0.118 e. The zero-order valence-electron chi connectivity index (χ0n) is 14.2. The van der Waals surface area contributed by atoms with E-state index < -0.39 is 0 Å². The first kappa shape index (κ1) is 16.0. The van der Waals surface area contributed by atoms with Gasteiger partial charge < -0.3 is 4.74 Å². The summed E-state index contributed by atoms with van der Waals surface area (Å²) >= 11 is 2.11. The molecular weight excluding hydrogens is 318 g/mol.